The molecule has 1 aliphatic carbocycles. The molecule has 1 N–H and O–H groups in total. The Labute approximate surface area is 128 Å². The molecule has 0 unspecified atom stereocenters. The van der Waals surface area contributed by atoms with E-state index in [2.05, 4.69) is 32.1 Å². The molecule has 0 radical (unpaired) electrons. The summed E-state index contributed by atoms with van der Waals surface area (Å²) in [6, 6.07) is 5.47. The maximum Gasteiger partial charge on any atom is 0.250 e. The Kier molecular flexibility index (Phi) is 3.59. The molecule has 2 aromatic rings. The lowest BCUT2D eigenvalue weighted by Crippen LogP contribution is -2.31. The molecule has 0 saturated heterocycles. The molecule has 0 bridgehead atoms. The first-order valence-electron chi connectivity index (χ1n) is 5.80. The summed E-state index contributed by atoms with van der Waals surface area (Å²) in [5, 5.41) is 4.16. The van der Waals surface area contributed by atoms with E-state index >= 15 is 0 Å². The first-order valence-corrected chi connectivity index (χ1v) is 9.83. The highest BCUT2D eigenvalue weighted by Crippen LogP contribution is 2.48. The van der Waals surface area contributed by atoms with Gasteiger partial charge in [0.25, 0.3) is 0 Å². The van der Waals surface area contributed by atoms with Gasteiger partial charge in [0.2, 0.25) is 10.0 Å². The lowest BCUT2D eigenvalue weighted by molar-refractivity contribution is 0.569. The fraction of sp³-hybridized carbons (Fsp3) is 0.333. The normalized spacial score (nSPS) is 17.5. The maximum atomic E-state index is 12.2. The Balaban J connectivity index is 1.73. The molecule has 1 fully saturated rings. The zero-order chi connectivity index (χ0) is 13.5. The van der Waals surface area contributed by atoms with Gasteiger partial charge in [-0.2, -0.15) is 11.3 Å². The van der Waals surface area contributed by atoms with Gasteiger partial charge in [0, 0.05) is 12.0 Å². The monoisotopic (exact) mass is 377 g/mol. The van der Waals surface area contributed by atoms with Crippen LogP contribution >= 0.6 is 38.6 Å². The summed E-state index contributed by atoms with van der Waals surface area (Å²) in [7, 11) is -3.38. The van der Waals surface area contributed by atoms with Crippen LogP contribution in [0.25, 0.3) is 0 Å². The van der Waals surface area contributed by atoms with Crippen molar-refractivity contribution in [1.82, 2.24) is 4.72 Å². The van der Waals surface area contributed by atoms with Crippen LogP contribution in [-0.4, -0.2) is 15.0 Å². The van der Waals surface area contributed by atoms with Crippen molar-refractivity contribution in [2.24, 2.45) is 0 Å². The van der Waals surface area contributed by atoms with Gasteiger partial charge in [-0.05, 0) is 63.3 Å². The van der Waals surface area contributed by atoms with Gasteiger partial charge in [0.1, 0.15) is 4.21 Å². The average Bonchev–Trinajstić information content (AvgIpc) is 2.82. The maximum absolute atomic E-state index is 12.2. The fourth-order valence-electron chi connectivity index (χ4n) is 2.03. The van der Waals surface area contributed by atoms with E-state index in [9.17, 15) is 8.42 Å². The van der Waals surface area contributed by atoms with Crippen LogP contribution < -0.4 is 4.72 Å². The van der Waals surface area contributed by atoms with E-state index in [-0.39, 0.29) is 5.41 Å². The van der Waals surface area contributed by atoms with Gasteiger partial charge in [0.05, 0.1) is 3.79 Å². The van der Waals surface area contributed by atoms with E-state index in [1.165, 1.54) is 16.9 Å². The van der Waals surface area contributed by atoms with Crippen molar-refractivity contribution < 1.29 is 8.42 Å². The molecule has 1 aliphatic rings. The number of rotatable bonds is 5. The zero-order valence-electron chi connectivity index (χ0n) is 9.93. The minimum Gasteiger partial charge on any atom is -0.210 e. The largest absolute Gasteiger partial charge is 0.250 e. The quantitative estimate of drug-likeness (QED) is 0.865. The third kappa shape index (κ3) is 2.80. The van der Waals surface area contributed by atoms with Gasteiger partial charge in [-0.25, -0.2) is 13.1 Å². The van der Waals surface area contributed by atoms with E-state index < -0.39 is 10.0 Å². The number of sulfonamides is 1. The molecule has 1 saturated carbocycles. The highest BCUT2D eigenvalue weighted by Gasteiger charge is 2.45. The summed E-state index contributed by atoms with van der Waals surface area (Å²) in [6.45, 7) is 0.488. The van der Waals surface area contributed by atoms with Crippen molar-refractivity contribution in [2.75, 3.05) is 6.54 Å². The molecular weight excluding hydrogens is 366 g/mol. The predicted octanol–water partition coefficient (Wildman–Crippen LogP) is 3.58. The van der Waals surface area contributed by atoms with E-state index in [1.54, 1.807) is 23.5 Å². The zero-order valence-corrected chi connectivity index (χ0v) is 14.0. The van der Waals surface area contributed by atoms with Crippen LogP contribution in [0.15, 0.2) is 37.0 Å². The predicted molar refractivity (Wildman–Crippen MR) is 82.4 cm³/mol. The van der Waals surface area contributed by atoms with Crippen molar-refractivity contribution >= 4 is 48.6 Å². The van der Waals surface area contributed by atoms with Crippen LogP contribution in [0, 0.1) is 0 Å². The summed E-state index contributed by atoms with van der Waals surface area (Å²) in [4.78, 5) is 0. The standard InChI is InChI=1S/C12H12BrNO2S3/c13-10-1-2-11(18-10)19(15,16)14-8-12(4-5-12)9-3-6-17-7-9/h1-3,6-7,14H,4-5,8H2. The molecule has 0 spiro atoms. The van der Waals surface area contributed by atoms with E-state index in [4.69, 9.17) is 0 Å². The second kappa shape index (κ2) is 4.96. The molecule has 0 amide bonds. The lowest BCUT2D eigenvalue weighted by atomic mass is 10.0. The van der Waals surface area contributed by atoms with E-state index in [1.807, 2.05) is 5.38 Å². The summed E-state index contributed by atoms with van der Waals surface area (Å²) in [5.74, 6) is 0. The molecule has 3 nitrogen and oxygen atoms in total. The fourth-order valence-corrected chi connectivity index (χ4v) is 5.99. The SMILES string of the molecule is O=S(=O)(NCC1(c2ccsc2)CC1)c1ccc(Br)s1. The molecule has 102 valence electrons. The number of nitrogens with one attached hydrogen (secondary N) is 1. The molecular formula is C12H12BrNO2S3. The van der Waals surface area contributed by atoms with E-state index in [0.717, 1.165) is 16.6 Å². The minimum absolute atomic E-state index is 0.0293. The lowest BCUT2D eigenvalue weighted by Gasteiger charge is -2.14. The van der Waals surface area contributed by atoms with Crippen LogP contribution in [0.4, 0.5) is 0 Å². The first-order chi connectivity index (χ1) is 9.02. The summed E-state index contributed by atoms with van der Waals surface area (Å²) < 4.78 is 28.3. The number of hydrogen-bond acceptors (Lipinski definition) is 4. The highest BCUT2D eigenvalue weighted by molar-refractivity contribution is 9.11. The van der Waals surface area contributed by atoms with Gasteiger partial charge in [-0.3, -0.25) is 0 Å². The molecule has 2 heterocycles. The molecule has 0 atom stereocenters. The smallest absolute Gasteiger partial charge is 0.210 e. The molecule has 7 heteroatoms. The summed E-state index contributed by atoms with van der Waals surface area (Å²) in [5.41, 5.74) is 1.29. The Morgan fingerprint density at radius 2 is 2.11 bits per heavy atom. The van der Waals surface area contributed by atoms with Gasteiger partial charge in [-0.15, -0.1) is 11.3 Å². The van der Waals surface area contributed by atoms with Crippen LogP contribution in [0.3, 0.4) is 0 Å². The number of thiophene rings is 2. The van der Waals surface area contributed by atoms with Crippen LogP contribution in [-0.2, 0) is 15.4 Å². The van der Waals surface area contributed by atoms with E-state index in [0.29, 0.717) is 10.8 Å². The van der Waals surface area contributed by atoms with Crippen molar-refractivity contribution in [3.05, 3.63) is 38.3 Å². The van der Waals surface area contributed by atoms with Crippen molar-refractivity contribution in [2.45, 2.75) is 22.5 Å². The van der Waals surface area contributed by atoms with Gasteiger partial charge < -0.3 is 0 Å². The highest BCUT2D eigenvalue weighted by atomic mass is 79.9. The second-order valence-electron chi connectivity index (χ2n) is 4.68. The Bertz CT molecular complexity index is 672. The minimum atomic E-state index is -3.38. The third-order valence-corrected chi connectivity index (χ3v) is 7.60. The molecule has 19 heavy (non-hydrogen) atoms. The van der Waals surface area contributed by atoms with Crippen LogP contribution in [0.5, 0.6) is 0 Å². The van der Waals surface area contributed by atoms with Crippen molar-refractivity contribution in [1.29, 1.82) is 0 Å². The molecule has 2 aromatic heterocycles. The summed E-state index contributed by atoms with van der Waals surface area (Å²) >= 11 is 6.18. The second-order valence-corrected chi connectivity index (χ2v) is 9.91. The number of hydrogen-bond donors (Lipinski definition) is 1. The molecule has 0 aliphatic heterocycles. The van der Waals surface area contributed by atoms with Crippen molar-refractivity contribution in [3.8, 4) is 0 Å². The Hall–Kier alpha value is -0.210. The average molecular weight is 378 g/mol. The topological polar surface area (TPSA) is 46.2 Å². The molecule has 3 rings (SSSR count). The molecule has 0 aromatic carbocycles. The third-order valence-electron chi connectivity index (χ3n) is 3.40. The van der Waals surface area contributed by atoms with Gasteiger partial charge in [-0.1, -0.05) is 0 Å². The van der Waals surface area contributed by atoms with Crippen LogP contribution in [0.1, 0.15) is 18.4 Å². The Morgan fingerprint density at radius 3 is 2.63 bits per heavy atom. The number of halogens is 1. The van der Waals surface area contributed by atoms with Gasteiger partial charge in [0.15, 0.2) is 0 Å². The van der Waals surface area contributed by atoms with Crippen LogP contribution in [0.2, 0.25) is 0 Å². The summed E-state index contributed by atoms with van der Waals surface area (Å²) in [6.07, 6.45) is 2.11. The first kappa shape index (κ1) is 13.8. The van der Waals surface area contributed by atoms with Crippen molar-refractivity contribution in [3.63, 3.8) is 0 Å². The Morgan fingerprint density at radius 1 is 1.32 bits per heavy atom. The van der Waals surface area contributed by atoms with Gasteiger partial charge >= 0.3 is 0 Å².